The maximum atomic E-state index is 15.5. The van der Waals surface area contributed by atoms with Gasteiger partial charge >= 0.3 is 5.97 Å². The average molecular weight is 771 g/mol. The largest absolute Gasteiger partial charge is 0.486 e. The molecule has 1 fully saturated rings. The fourth-order valence-electron chi connectivity index (χ4n) is 5.02. The molecular formula is C30H31Cl2FIN6O3P. The minimum absolute atomic E-state index is 0.192. The van der Waals surface area contributed by atoms with E-state index in [-0.39, 0.29) is 5.97 Å². The zero-order valence-corrected chi connectivity index (χ0v) is 28.8. The van der Waals surface area contributed by atoms with Crippen LogP contribution in [-0.2, 0) is 16.1 Å². The lowest BCUT2D eigenvalue weighted by molar-refractivity contribution is -0.144. The molecule has 1 aliphatic heterocycles. The van der Waals surface area contributed by atoms with Crippen molar-refractivity contribution in [1.82, 2.24) is 29.3 Å². The van der Waals surface area contributed by atoms with Gasteiger partial charge in [0.25, 0.3) is 0 Å². The van der Waals surface area contributed by atoms with Gasteiger partial charge in [-0.3, -0.25) is 24.6 Å². The summed E-state index contributed by atoms with van der Waals surface area (Å²) in [6, 6.07) is 9.20. The van der Waals surface area contributed by atoms with Crippen LogP contribution in [0.2, 0.25) is 10.0 Å². The zero-order chi connectivity index (χ0) is 31.2. The first-order valence-corrected chi connectivity index (χ1v) is 18.8. The van der Waals surface area contributed by atoms with Crippen LogP contribution in [0.5, 0.6) is 5.75 Å². The van der Waals surface area contributed by atoms with Crippen molar-refractivity contribution in [2.45, 2.75) is 26.5 Å². The van der Waals surface area contributed by atoms with Crippen LogP contribution in [-0.4, -0.2) is 74.6 Å². The molecule has 14 heteroatoms. The Morgan fingerprint density at radius 2 is 1.84 bits per heavy atom. The third-order valence-electron chi connectivity index (χ3n) is 7.24. The number of aromatic nitrogens is 4. The standard InChI is InChI=1S/C30H31Cl2FIN6O3P/c1-3-42-29(41)18-39-10-8-38(9-11-39)17-21-5-4-20(14-36-21)26(33)13-27-23-12-22(6-7-28(23)40(37-27)44-34)43-19(2)30-24(31)15-35-16-25(30)32/h4-7,12-16,19,44H,3,8-11,17-18H2,1-2H3/b26-13-/t19-/m1/s1. The Kier molecular flexibility index (Phi) is 11.4. The topological polar surface area (TPSA) is 85.6 Å². The van der Waals surface area contributed by atoms with Crippen molar-refractivity contribution in [3.8, 4) is 5.75 Å². The Morgan fingerprint density at radius 1 is 1.11 bits per heavy atom. The molecule has 0 saturated carbocycles. The third-order valence-corrected chi connectivity index (χ3v) is 9.72. The highest BCUT2D eigenvalue weighted by Gasteiger charge is 2.21. The number of nitrogens with zero attached hydrogens (tertiary/aromatic N) is 6. The number of piperazine rings is 1. The Labute approximate surface area is 280 Å². The Bertz CT molecular complexity index is 1630. The third kappa shape index (κ3) is 8.05. The fourth-order valence-corrected chi connectivity index (χ4v) is 7.23. The van der Waals surface area contributed by atoms with Crippen molar-refractivity contribution in [1.29, 1.82) is 0 Å². The second kappa shape index (κ2) is 15.2. The molecule has 4 heterocycles. The van der Waals surface area contributed by atoms with Gasteiger partial charge < -0.3 is 9.47 Å². The molecule has 1 saturated heterocycles. The number of pyridine rings is 2. The van der Waals surface area contributed by atoms with E-state index in [1.54, 1.807) is 12.3 Å². The molecule has 9 nitrogen and oxygen atoms in total. The van der Waals surface area contributed by atoms with Crippen LogP contribution in [0.1, 0.15) is 42.5 Å². The average Bonchev–Trinajstić information content (AvgIpc) is 3.35. The van der Waals surface area contributed by atoms with E-state index in [0.29, 0.717) is 58.7 Å². The van der Waals surface area contributed by atoms with Crippen molar-refractivity contribution in [2.24, 2.45) is 0 Å². The number of esters is 1. The molecule has 0 N–H and O–H groups in total. The summed E-state index contributed by atoms with van der Waals surface area (Å²) in [6.07, 6.45) is 5.93. The molecule has 232 valence electrons. The van der Waals surface area contributed by atoms with E-state index in [2.05, 4.69) is 46.9 Å². The molecule has 1 aliphatic rings. The molecule has 0 amide bonds. The number of carbonyl (C=O) groups excluding carboxylic acids is 1. The van der Waals surface area contributed by atoms with E-state index < -0.39 is 11.9 Å². The van der Waals surface area contributed by atoms with Gasteiger partial charge in [0.15, 0.2) is 0 Å². The van der Waals surface area contributed by atoms with E-state index in [1.165, 1.54) is 18.5 Å². The van der Waals surface area contributed by atoms with Gasteiger partial charge in [0.05, 0.1) is 46.5 Å². The van der Waals surface area contributed by atoms with Gasteiger partial charge in [-0.2, -0.15) is 5.10 Å². The van der Waals surface area contributed by atoms with Crippen LogP contribution in [0.15, 0.2) is 48.9 Å². The number of fused-ring (bicyclic) bond motifs is 1. The first-order chi connectivity index (χ1) is 21.2. The van der Waals surface area contributed by atoms with Gasteiger partial charge in [0.1, 0.15) is 17.7 Å². The molecule has 1 unspecified atom stereocenters. The summed E-state index contributed by atoms with van der Waals surface area (Å²) < 4.78 is 28.6. The first-order valence-electron chi connectivity index (χ1n) is 14.0. The fraction of sp³-hybridized carbons (Fsp3) is 0.333. The normalized spacial score (nSPS) is 15.7. The van der Waals surface area contributed by atoms with Gasteiger partial charge in [0.2, 0.25) is 0 Å². The summed E-state index contributed by atoms with van der Waals surface area (Å²) in [7, 11) is 0. The quantitative estimate of drug-likeness (QED) is 0.0900. The lowest BCUT2D eigenvalue weighted by Crippen LogP contribution is -2.47. The second-order valence-corrected chi connectivity index (χ2v) is 13.1. The monoisotopic (exact) mass is 770 g/mol. The first kappa shape index (κ1) is 33.0. The van der Waals surface area contributed by atoms with Gasteiger partial charge in [-0.05, 0) is 66.2 Å². The van der Waals surface area contributed by atoms with Gasteiger partial charge in [-0.25, -0.2) is 8.84 Å². The second-order valence-electron chi connectivity index (χ2n) is 10.2. The Hall–Kier alpha value is -2.41. The molecule has 0 radical (unpaired) electrons. The van der Waals surface area contributed by atoms with Gasteiger partial charge in [0, 0.05) is 73.9 Å². The molecule has 1 aromatic carbocycles. The minimum atomic E-state index is -0.439. The van der Waals surface area contributed by atoms with E-state index >= 15 is 4.39 Å². The lowest BCUT2D eigenvalue weighted by Gasteiger charge is -2.33. The number of ether oxygens (including phenoxy) is 2. The molecular weight excluding hydrogens is 740 g/mol. The smallest absolute Gasteiger partial charge is 0.320 e. The lowest BCUT2D eigenvalue weighted by atomic mass is 10.1. The van der Waals surface area contributed by atoms with Crippen LogP contribution in [0.4, 0.5) is 4.39 Å². The van der Waals surface area contributed by atoms with Crippen molar-refractivity contribution >= 4 is 80.4 Å². The summed E-state index contributed by atoms with van der Waals surface area (Å²) in [6.45, 7) is 8.22. The highest BCUT2D eigenvalue weighted by Crippen LogP contribution is 2.36. The van der Waals surface area contributed by atoms with Crippen molar-refractivity contribution in [3.63, 3.8) is 0 Å². The highest BCUT2D eigenvalue weighted by atomic mass is 127. The number of benzene rings is 1. The summed E-state index contributed by atoms with van der Waals surface area (Å²) in [5.74, 6) is -0.0500. The molecule has 0 bridgehead atoms. The van der Waals surface area contributed by atoms with Crippen LogP contribution in [0.3, 0.4) is 0 Å². The van der Waals surface area contributed by atoms with E-state index in [1.807, 2.05) is 42.6 Å². The van der Waals surface area contributed by atoms with Crippen LogP contribution >= 0.6 is 51.6 Å². The van der Waals surface area contributed by atoms with Gasteiger partial charge in [-0.1, -0.05) is 23.2 Å². The maximum Gasteiger partial charge on any atom is 0.320 e. The molecule has 3 aromatic heterocycles. The Morgan fingerprint density at radius 3 is 2.50 bits per heavy atom. The predicted molar refractivity (Wildman–Crippen MR) is 182 cm³/mol. The number of hydrogen-bond acceptors (Lipinski definition) is 8. The molecule has 0 aliphatic carbocycles. The maximum absolute atomic E-state index is 15.5. The van der Waals surface area contributed by atoms with Crippen molar-refractivity contribution < 1.29 is 18.7 Å². The highest BCUT2D eigenvalue weighted by molar-refractivity contribution is 14.2. The number of carbonyl (C=O) groups is 1. The van der Waals surface area contributed by atoms with E-state index in [4.69, 9.17) is 32.7 Å². The molecule has 2 atom stereocenters. The minimum Gasteiger partial charge on any atom is -0.486 e. The number of halogens is 4. The van der Waals surface area contributed by atoms with Crippen LogP contribution in [0.25, 0.3) is 22.8 Å². The van der Waals surface area contributed by atoms with Crippen molar-refractivity contribution in [2.75, 3.05) is 39.3 Å². The van der Waals surface area contributed by atoms with E-state index in [0.717, 1.165) is 42.8 Å². The Balaban J connectivity index is 1.27. The summed E-state index contributed by atoms with van der Waals surface area (Å²) >= 11 is 14.9. The summed E-state index contributed by atoms with van der Waals surface area (Å²) in [5.41, 5.74) is 3.23. The number of hydrogen-bond donors (Lipinski definition) is 0. The zero-order valence-electron chi connectivity index (χ0n) is 24.1. The molecule has 5 rings (SSSR count). The summed E-state index contributed by atoms with van der Waals surface area (Å²) in [5, 5.41) is 6.25. The van der Waals surface area contributed by atoms with Gasteiger partial charge in [-0.15, -0.1) is 0 Å². The van der Waals surface area contributed by atoms with Crippen molar-refractivity contribution in [3.05, 3.63) is 81.5 Å². The molecule has 44 heavy (non-hydrogen) atoms. The molecule has 4 aromatic rings. The van der Waals surface area contributed by atoms with Crippen LogP contribution < -0.4 is 4.74 Å². The summed E-state index contributed by atoms with van der Waals surface area (Å²) in [4.78, 5) is 24.6. The van der Waals surface area contributed by atoms with Crippen LogP contribution in [0, 0.1) is 0 Å². The number of rotatable bonds is 11. The predicted octanol–water partition coefficient (Wildman–Crippen LogP) is 7.21. The molecule has 0 spiro atoms. The van der Waals surface area contributed by atoms with E-state index in [9.17, 15) is 4.79 Å². The SMILES string of the molecule is CCOC(=O)CN1CCN(Cc2ccc(/C(F)=C/c3nn(PI)c4ccc(O[C@H](C)c5c(Cl)cncc5Cl)cc34)cn2)CC1.